The molecule has 1 aromatic rings. The van der Waals surface area contributed by atoms with Crippen molar-refractivity contribution in [1.29, 1.82) is 0 Å². The summed E-state index contributed by atoms with van der Waals surface area (Å²) in [6.45, 7) is 4.68. The molecule has 2 N–H and O–H groups in total. The molecule has 0 aliphatic heterocycles. The molecule has 2 unspecified atom stereocenters. The van der Waals surface area contributed by atoms with Crippen molar-refractivity contribution in [3.05, 3.63) is 33.9 Å². The number of benzene rings is 1. The van der Waals surface area contributed by atoms with Crippen molar-refractivity contribution >= 4 is 17.3 Å². The lowest BCUT2D eigenvalue weighted by Crippen LogP contribution is -2.26. The van der Waals surface area contributed by atoms with Crippen LogP contribution in [0.25, 0.3) is 0 Å². The zero-order valence-corrected chi connectivity index (χ0v) is 11.7. The largest absolute Gasteiger partial charge is 0.379 e. The first-order valence-electron chi connectivity index (χ1n) is 6.86. The Morgan fingerprint density at radius 3 is 2.75 bits per heavy atom. The summed E-state index contributed by atoms with van der Waals surface area (Å²) in [5.74, 6) is 0.350. The molecular weight excluding hydrogens is 258 g/mol. The van der Waals surface area contributed by atoms with Gasteiger partial charge in [-0.15, -0.1) is 0 Å². The van der Waals surface area contributed by atoms with Gasteiger partial charge in [0.25, 0.3) is 11.6 Å². The number of carbonyl (C=O) groups is 1. The quantitative estimate of drug-likeness (QED) is 0.618. The molecule has 6 nitrogen and oxygen atoms in total. The Morgan fingerprint density at radius 1 is 1.50 bits per heavy atom. The second-order valence-electron chi connectivity index (χ2n) is 5.21. The van der Waals surface area contributed by atoms with Gasteiger partial charge in [-0.1, -0.05) is 13.8 Å². The van der Waals surface area contributed by atoms with Gasteiger partial charge in [-0.25, -0.2) is 0 Å². The van der Waals surface area contributed by atoms with Crippen molar-refractivity contribution in [3.8, 4) is 0 Å². The van der Waals surface area contributed by atoms with Crippen molar-refractivity contribution in [2.45, 2.75) is 32.7 Å². The zero-order valence-electron chi connectivity index (χ0n) is 11.7. The highest BCUT2D eigenvalue weighted by Gasteiger charge is 2.34. The van der Waals surface area contributed by atoms with Crippen LogP contribution < -0.4 is 10.6 Å². The smallest absolute Gasteiger partial charge is 0.292 e. The topological polar surface area (TPSA) is 84.3 Å². The molecule has 20 heavy (non-hydrogen) atoms. The molecule has 2 rings (SSSR count). The maximum atomic E-state index is 12.0. The fraction of sp³-hybridized carbons (Fsp3) is 0.500. The van der Waals surface area contributed by atoms with E-state index in [-0.39, 0.29) is 17.6 Å². The predicted octanol–water partition coefficient (Wildman–Crippen LogP) is 2.55. The van der Waals surface area contributed by atoms with E-state index in [9.17, 15) is 14.9 Å². The molecule has 2 atom stereocenters. The molecule has 0 spiro atoms. The van der Waals surface area contributed by atoms with Crippen LogP contribution >= 0.6 is 0 Å². The van der Waals surface area contributed by atoms with Crippen molar-refractivity contribution in [2.24, 2.45) is 5.92 Å². The normalized spacial score (nSPS) is 20.3. The SMILES string of the molecule is CCCNc1cc(C(=O)NC2CC2C)ccc1[N+](=O)[O-]. The van der Waals surface area contributed by atoms with Gasteiger partial charge in [0, 0.05) is 24.2 Å². The number of nitro groups is 1. The van der Waals surface area contributed by atoms with Crippen LogP contribution in [0.3, 0.4) is 0 Å². The number of carbonyl (C=O) groups excluding carboxylic acids is 1. The Balaban J connectivity index is 2.17. The fourth-order valence-electron chi connectivity index (χ4n) is 2.01. The van der Waals surface area contributed by atoms with E-state index < -0.39 is 4.92 Å². The van der Waals surface area contributed by atoms with E-state index in [1.165, 1.54) is 12.1 Å². The van der Waals surface area contributed by atoms with Crippen LogP contribution in [0.4, 0.5) is 11.4 Å². The summed E-state index contributed by atoms with van der Waals surface area (Å²) < 4.78 is 0. The number of amides is 1. The van der Waals surface area contributed by atoms with Gasteiger partial charge in [0.1, 0.15) is 5.69 Å². The molecule has 1 saturated carbocycles. The van der Waals surface area contributed by atoms with E-state index in [2.05, 4.69) is 17.6 Å². The fourth-order valence-corrected chi connectivity index (χ4v) is 2.01. The Hall–Kier alpha value is -2.11. The molecule has 0 bridgehead atoms. The Bertz CT molecular complexity index is 530. The standard InChI is InChI=1S/C14H19N3O3/c1-3-6-15-12-8-10(4-5-13(12)17(19)20)14(18)16-11-7-9(11)2/h4-5,8-9,11,15H,3,6-7H2,1-2H3,(H,16,18). The van der Waals surface area contributed by atoms with Crippen molar-refractivity contribution < 1.29 is 9.72 Å². The van der Waals surface area contributed by atoms with Crippen LogP contribution in [0.2, 0.25) is 0 Å². The summed E-state index contributed by atoms with van der Waals surface area (Å²) in [6.07, 6.45) is 1.85. The number of hydrogen-bond donors (Lipinski definition) is 2. The minimum atomic E-state index is -0.442. The van der Waals surface area contributed by atoms with Gasteiger partial charge in [0.15, 0.2) is 0 Å². The lowest BCUT2D eigenvalue weighted by molar-refractivity contribution is -0.384. The Kier molecular flexibility index (Phi) is 4.22. The molecule has 0 saturated heterocycles. The molecule has 0 radical (unpaired) electrons. The second kappa shape index (κ2) is 5.90. The maximum Gasteiger partial charge on any atom is 0.292 e. The van der Waals surface area contributed by atoms with Gasteiger partial charge in [0.2, 0.25) is 0 Å². The van der Waals surface area contributed by atoms with E-state index in [0.29, 0.717) is 23.7 Å². The number of nitrogens with zero attached hydrogens (tertiary/aromatic N) is 1. The monoisotopic (exact) mass is 277 g/mol. The molecular formula is C14H19N3O3. The van der Waals surface area contributed by atoms with Crippen molar-refractivity contribution in [1.82, 2.24) is 5.32 Å². The van der Waals surface area contributed by atoms with E-state index in [0.717, 1.165) is 12.8 Å². The molecule has 0 aromatic heterocycles. The van der Waals surface area contributed by atoms with Crippen LogP contribution in [0.1, 0.15) is 37.0 Å². The molecule has 0 heterocycles. The Labute approximate surface area is 117 Å². The van der Waals surface area contributed by atoms with Crippen LogP contribution in [-0.2, 0) is 0 Å². The minimum absolute atomic E-state index is 0.00482. The third kappa shape index (κ3) is 3.26. The van der Waals surface area contributed by atoms with Crippen LogP contribution in [0.5, 0.6) is 0 Å². The minimum Gasteiger partial charge on any atom is -0.379 e. The average Bonchev–Trinajstić information content (AvgIpc) is 3.11. The highest BCUT2D eigenvalue weighted by Crippen LogP contribution is 2.30. The number of hydrogen-bond acceptors (Lipinski definition) is 4. The lowest BCUT2D eigenvalue weighted by Gasteiger charge is -2.09. The number of nitrogens with one attached hydrogen (secondary N) is 2. The summed E-state index contributed by atoms with van der Waals surface area (Å²) in [6, 6.07) is 4.67. The van der Waals surface area contributed by atoms with E-state index in [1.807, 2.05) is 6.92 Å². The third-order valence-electron chi connectivity index (χ3n) is 3.45. The number of nitro benzene ring substituents is 1. The van der Waals surface area contributed by atoms with E-state index >= 15 is 0 Å². The molecule has 1 fully saturated rings. The van der Waals surface area contributed by atoms with Crippen molar-refractivity contribution in [3.63, 3.8) is 0 Å². The molecule has 1 aromatic carbocycles. The molecule has 1 amide bonds. The van der Waals surface area contributed by atoms with E-state index in [4.69, 9.17) is 0 Å². The predicted molar refractivity (Wildman–Crippen MR) is 76.9 cm³/mol. The molecule has 1 aliphatic rings. The molecule has 6 heteroatoms. The Morgan fingerprint density at radius 2 is 2.20 bits per heavy atom. The highest BCUT2D eigenvalue weighted by molar-refractivity contribution is 5.96. The summed E-state index contributed by atoms with van der Waals surface area (Å²) in [5.41, 5.74) is 0.844. The number of anilines is 1. The van der Waals surface area contributed by atoms with E-state index in [1.54, 1.807) is 6.07 Å². The van der Waals surface area contributed by atoms with Crippen LogP contribution in [0, 0.1) is 16.0 Å². The first-order chi connectivity index (χ1) is 9.52. The summed E-state index contributed by atoms with van der Waals surface area (Å²) >= 11 is 0. The van der Waals surface area contributed by atoms with Gasteiger partial charge in [0.05, 0.1) is 4.92 Å². The summed E-state index contributed by atoms with van der Waals surface area (Å²) in [4.78, 5) is 22.6. The lowest BCUT2D eigenvalue weighted by atomic mass is 10.1. The van der Waals surface area contributed by atoms with Gasteiger partial charge >= 0.3 is 0 Å². The summed E-state index contributed by atoms with van der Waals surface area (Å²) in [5, 5.41) is 16.9. The highest BCUT2D eigenvalue weighted by atomic mass is 16.6. The molecule has 1 aliphatic carbocycles. The number of rotatable bonds is 6. The maximum absolute atomic E-state index is 12.0. The van der Waals surface area contributed by atoms with Crippen LogP contribution in [-0.4, -0.2) is 23.4 Å². The second-order valence-corrected chi connectivity index (χ2v) is 5.21. The first-order valence-corrected chi connectivity index (χ1v) is 6.86. The first kappa shape index (κ1) is 14.3. The third-order valence-corrected chi connectivity index (χ3v) is 3.45. The summed E-state index contributed by atoms with van der Waals surface area (Å²) in [7, 11) is 0. The van der Waals surface area contributed by atoms with Gasteiger partial charge in [-0.05, 0) is 30.9 Å². The van der Waals surface area contributed by atoms with Crippen molar-refractivity contribution in [2.75, 3.05) is 11.9 Å². The van der Waals surface area contributed by atoms with Gasteiger partial charge < -0.3 is 10.6 Å². The average molecular weight is 277 g/mol. The molecule has 108 valence electrons. The van der Waals surface area contributed by atoms with Gasteiger partial charge in [-0.3, -0.25) is 14.9 Å². The van der Waals surface area contributed by atoms with Crippen LogP contribution in [0.15, 0.2) is 18.2 Å². The zero-order chi connectivity index (χ0) is 14.7. The van der Waals surface area contributed by atoms with Gasteiger partial charge in [-0.2, -0.15) is 0 Å².